The van der Waals surface area contributed by atoms with Crippen molar-refractivity contribution >= 4 is 0 Å². The van der Waals surface area contributed by atoms with Crippen molar-refractivity contribution in [2.24, 2.45) is 11.8 Å². The summed E-state index contributed by atoms with van der Waals surface area (Å²) in [5.74, 6) is 1.74. The van der Waals surface area contributed by atoms with E-state index in [0.29, 0.717) is 6.04 Å². The van der Waals surface area contributed by atoms with Gasteiger partial charge in [-0.3, -0.25) is 0 Å². The van der Waals surface area contributed by atoms with Crippen LogP contribution in [0.4, 0.5) is 0 Å². The molecule has 0 N–H and O–H groups in total. The minimum Gasteiger partial charge on any atom is -0.307 e. The largest absolute Gasteiger partial charge is 0.307 e. The number of nitrogens with zero attached hydrogens (tertiary/aromatic N) is 2. The molecule has 1 saturated carbocycles. The van der Waals surface area contributed by atoms with Crippen molar-refractivity contribution < 1.29 is 0 Å². The van der Waals surface area contributed by atoms with Crippen LogP contribution in [-0.2, 0) is 0 Å². The van der Waals surface area contributed by atoms with E-state index >= 15 is 0 Å². The zero-order valence-electron chi connectivity index (χ0n) is 7.54. The van der Waals surface area contributed by atoms with Gasteiger partial charge >= 0.3 is 0 Å². The van der Waals surface area contributed by atoms with Crippen LogP contribution in [-0.4, -0.2) is 17.5 Å². The highest BCUT2D eigenvalue weighted by molar-refractivity contribution is 5.05. The van der Waals surface area contributed by atoms with Crippen molar-refractivity contribution in [2.45, 2.75) is 33.2 Å². The summed E-state index contributed by atoms with van der Waals surface area (Å²) in [7, 11) is 0. The van der Waals surface area contributed by atoms with Gasteiger partial charge in [0.25, 0.3) is 0 Å². The second-order valence-corrected chi connectivity index (χ2v) is 3.15. The maximum atomic E-state index is 8.55. The highest BCUT2D eigenvalue weighted by Crippen LogP contribution is 2.48. The molecular formula is C9H16N2. The Hall–Kier alpha value is -0.710. The Morgan fingerprint density at radius 2 is 2.09 bits per heavy atom. The van der Waals surface area contributed by atoms with E-state index in [1.54, 1.807) is 0 Å². The second-order valence-electron chi connectivity index (χ2n) is 3.15. The molecule has 2 rings (SSSR count). The predicted octanol–water partition coefficient (Wildman–Crippen LogP) is 1.83. The molecule has 62 valence electrons. The molecule has 2 nitrogen and oxygen atoms in total. The Labute approximate surface area is 68.8 Å². The van der Waals surface area contributed by atoms with Gasteiger partial charge in [0.05, 0.1) is 0 Å². The van der Waals surface area contributed by atoms with Crippen LogP contribution in [0.5, 0.6) is 0 Å². The number of rotatable bonds is 0. The second kappa shape index (κ2) is 3.13. The summed E-state index contributed by atoms with van der Waals surface area (Å²) in [5.41, 5.74) is 0. The van der Waals surface area contributed by atoms with E-state index in [4.69, 9.17) is 5.26 Å². The molecule has 0 amide bonds. The third kappa shape index (κ3) is 1.33. The lowest BCUT2D eigenvalue weighted by Crippen LogP contribution is -2.25. The fourth-order valence-corrected chi connectivity index (χ4v) is 1.85. The van der Waals surface area contributed by atoms with E-state index in [9.17, 15) is 0 Å². The lowest BCUT2D eigenvalue weighted by atomic mass is 10.2. The Morgan fingerprint density at radius 3 is 2.36 bits per heavy atom. The lowest BCUT2D eigenvalue weighted by molar-refractivity contribution is 0.338. The van der Waals surface area contributed by atoms with Crippen molar-refractivity contribution in [1.82, 2.24) is 4.90 Å². The quantitative estimate of drug-likeness (QED) is 0.495. The number of nitriles is 1. The zero-order chi connectivity index (χ0) is 8.43. The number of hydrogen-bond donors (Lipinski definition) is 0. The van der Waals surface area contributed by atoms with Crippen LogP contribution in [0.3, 0.4) is 0 Å². The fourth-order valence-electron chi connectivity index (χ4n) is 1.85. The van der Waals surface area contributed by atoms with Gasteiger partial charge in [-0.05, 0) is 25.2 Å². The SMILES string of the molecule is CC.CC1C2CC2CN1C#N. The average Bonchev–Trinajstić information content (AvgIpc) is 2.76. The summed E-state index contributed by atoms with van der Waals surface area (Å²) >= 11 is 0. The molecule has 11 heavy (non-hydrogen) atoms. The molecule has 0 bridgehead atoms. The van der Waals surface area contributed by atoms with E-state index in [0.717, 1.165) is 18.4 Å². The summed E-state index contributed by atoms with van der Waals surface area (Å²) in [5, 5.41) is 8.55. The van der Waals surface area contributed by atoms with Crippen molar-refractivity contribution in [3.63, 3.8) is 0 Å². The standard InChI is InChI=1S/C7H10N2.C2H6/c1-5-7-2-6(7)3-9(5)4-8;1-2/h5-7H,2-3H2,1H3;1-2H3. The highest BCUT2D eigenvalue weighted by Gasteiger charge is 2.50. The average molecular weight is 152 g/mol. The van der Waals surface area contributed by atoms with Gasteiger partial charge in [0.1, 0.15) is 0 Å². The number of fused-ring (bicyclic) bond motifs is 1. The number of piperidine rings is 1. The van der Waals surface area contributed by atoms with Crippen molar-refractivity contribution in [3.05, 3.63) is 0 Å². The molecule has 0 aromatic rings. The molecule has 1 saturated heterocycles. The molecule has 3 atom stereocenters. The van der Waals surface area contributed by atoms with Crippen LogP contribution in [0.15, 0.2) is 0 Å². The van der Waals surface area contributed by atoms with E-state index < -0.39 is 0 Å². The van der Waals surface area contributed by atoms with Gasteiger partial charge < -0.3 is 4.90 Å². The number of hydrogen-bond acceptors (Lipinski definition) is 2. The smallest absolute Gasteiger partial charge is 0.179 e. The minimum absolute atomic E-state index is 0.542. The molecule has 0 spiro atoms. The van der Waals surface area contributed by atoms with Gasteiger partial charge in [-0.15, -0.1) is 0 Å². The third-order valence-corrected chi connectivity index (χ3v) is 2.65. The molecule has 0 aromatic carbocycles. The number of likely N-dealkylation sites (tertiary alicyclic amines) is 1. The molecule has 0 aromatic heterocycles. The molecule has 2 heteroatoms. The normalized spacial score (nSPS) is 38.4. The Bertz CT molecular complexity index is 171. The van der Waals surface area contributed by atoms with Crippen LogP contribution in [0, 0.1) is 23.3 Å². The van der Waals surface area contributed by atoms with Crippen LogP contribution >= 0.6 is 0 Å². The highest BCUT2D eigenvalue weighted by atomic mass is 15.2. The van der Waals surface area contributed by atoms with Gasteiger partial charge in [-0.2, -0.15) is 5.26 Å². The van der Waals surface area contributed by atoms with Crippen LogP contribution in [0.25, 0.3) is 0 Å². The van der Waals surface area contributed by atoms with Gasteiger partial charge in [-0.1, -0.05) is 13.8 Å². The fraction of sp³-hybridized carbons (Fsp3) is 0.889. The molecule has 0 radical (unpaired) electrons. The summed E-state index contributed by atoms with van der Waals surface area (Å²) < 4.78 is 0. The first kappa shape index (κ1) is 8.39. The van der Waals surface area contributed by atoms with Crippen LogP contribution < -0.4 is 0 Å². The van der Waals surface area contributed by atoms with Gasteiger partial charge in [-0.25, -0.2) is 0 Å². The first-order valence-electron chi connectivity index (χ1n) is 4.49. The molecule has 1 heterocycles. The monoisotopic (exact) mass is 152 g/mol. The maximum absolute atomic E-state index is 8.55. The summed E-state index contributed by atoms with van der Waals surface area (Å²) in [6.07, 6.45) is 3.58. The summed E-state index contributed by atoms with van der Waals surface area (Å²) in [4.78, 5) is 1.90. The topological polar surface area (TPSA) is 27.0 Å². The van der Waals surface area contributed by atoms with E-state index in [-0.39, 0.29) is 0 Å². The van der Waals surface area contributed by atoms with Crippen molar-refractivity contribution in [1.29, 1.82) is 5.26 Å². The third-order valence-electron chi connectivity index (χ3n) is 2.65. The minimum atomic E-state index is 0.542. The Kier molecular flexibility index (Phi) is 2.38. The molecule has 1 aliphatic carbocycles. The molecular weight excluding hydrogens is 136 g/mol. The maximum Gasteiger partial charge on any atom is 0.179 e. The first-order chi connectivity index (χ1) is 5.33. The summed E-state index contributed by atoms with van der Waals surface area (Å²) in [6, 6.07) is 0.542. The molecule has 2 fully saturated rings. The summed E-state index contributed by atoms with van der Waals surface area (Å²) in [6.45, 7) is 7.18. The van der Waals surface area contributed by atoms with Gasteiger partial charge in [0.2, 0.25) is 0 Å². The Morgan fingerprint density at radius 1 is 1.45 bits per heavy atom. The van der Waals surface area contributed by atoms with E-state index in [2.05, 4.69) is 13.1 Å². The van der Waals surface area contributed by atoms with Gasteiger partial charge in [0, 0.05) is 12.6 Å². The van der Waals surface area contributed by atoms with Crippen molar-refractivity contribution in [3.8, 4) is 6.19 Å². The van der Waals surface area contributed by atoms with Crippen LogP contribution in [0.1, 0.15) is 27.2 Å². The first-order valence-corrected chi connectivity index (χ1v) is 4.49. The van der Waals surface area contributed by atoms with E-state index in [1.807, 2.05) is 18.7 Å². The van der Waals surface area contributed by atoms with Gasteiger partial charge in [0.15, 0.2) is 6.19 Å². The predicted molar refractivity (Wildman–Crippen MR) is 44.7 cm³/mol. The molecule has 3 unspecified atom stereocenters. The van der Waals surface area contributed by atoms with E-state index in [1.165, 1.54) is 6.42 Å². The molecule has 2 aliphatic rings. The zero-order valence-corrected chi connectivity index (χ0v) is 7.54. The van der Waals surface area contributed by atoms with Crippen LogP contribution in [0.2, 0.25) is 0 Å². The molecule has 1 aliphatic heterocycles. The van der Waals surface area contributed by atoms with Crippen molar-refractivity contribution in [2.75, 3.05) is 6.54 Å². The lowest BCUT2D eigenvalue weighted by Gasteiger charge is -2.15. The Balaban J connectivity index is 0.000000281.